The maximum atomic E-state index is 13.6. The van der Waals surface area contributed by atoms with E-state index in [0.29, 0.717) is 11.7 Å². The van der Waals surface area contributed by atoms with Crippen molar-refractivity contribution in [1.82, 2.24) is 5.32 Å². The van der Waals surface area contributed by atoms with E-state index >= 15 is 0 Å². The molecular formula is C25H32FNO3. The fourth-order valence-electron chi connectivity index (χ4n) is 3.86. The van der Waals surface area contributed by atoms with Crippen LogP contribution in [0.4, 0.5) is 4.39 Å². The van der Waals surface area contributed by atoms with Crippen molar-refractivity contribution in [3.05, 3.63) is 59.7 Å². The van der Waals surface area contributed by atoms with Gasteiger partial charge >= 0.3 is 0 Å². The van der Waals surface area contributed by atoms with Crippen molar-refractivity contribution in [1.29, 1.82) is 0 Å². The average molecular weight is 414 g/mol. The molecule has 162 valence electrons. The molecule has 0 saturated heterocycles. The van der Waals surface area contributed by atoms with E-state index in [1.165, 1.54) is 26.3 Å². The van der Waals surface area contributed by atoms with E-state index in [1.54, 1.807) is 0 Å². The predicted octanol–water partition coefficient (Wildman–Crippen LogP) is 5.73. The summed E-state index contributed by atoms with van der Waals surface area (Å²) in [6.07, 6.45) is 3.27. The number of carbonyl (C=O) groups excluding carboxylic acids is 1. The zero-order valence-corrected chi connectivity index (χ0v) is 18.3. The predicted molar refractivity (Wildman–Crippen MR) is 117 cm³/mol. The molecule has 0 spiro atoms. The highest BCUT2D eigenvalue weighted by molar-refractivity contribution is 5.73. The molecular weight excluding hydrogens is 381 g/mol. The van der Waals surface area contributed by atoms with Gasteiger partial charge in [-0.15, -0.1) is 0 Å². The summed E-state index contributed by atoms with van der Waals surface area (Å²) >= 11 is 0. The lowest BCUT2D eigenvalue weighted by Crippen LogP contribution is -2.23. The maximum absolute atomic E-state index is 13.6. The summed E-state index contributed by atoms with van der Waals surface area (Å²) in [6.45, 7) is 6.56. The van der Waals surface area contributed by atoms with Gasteiger partial charge in [0.2, 0.25) is 5.91 Å². The first-order valence-corrected chi connectivity index (χ1v) is 10.6. The monoisotopic (exact) mass is 413 g/mol. The molecule has 1 aliphatic carbocycles. The van der Waals surface area contributed by atoms with Gasteiger partial charge in [-0.1, -0.05) is 24.3 Å². The summed E-state index contributed by atoms with van der Waals surface area (Å²) in [5.41, 5.74) is 0.988. The van der Waals surface area contributed by atoms with Gasteiger partial charge < -0.3 is 14.8 Å². The van der Waals surface area contributed by atoms with Gasteiger partial charge in [0.15, 0.2) is 0 Å². The Hall–Kier alpha value is -2.56. The van der Waals surface area contributed by atoms with Gasteiger partial charge in [0, 0.05) is 6.92 Å². The molecule has 3 atom stereocenters. The third kappa shape index (κ3) is 6.48. The second-order valence-electron chi connectivity index (χ2n) is 8.82. The van der Waals surface area contributed by atoms with Crippen LogP contribution in [0, 0.1) is 0 Å². The van der Waals surface area contributed by atoms with Crippen LogP contribution in [-0.2, 0) is 4.79 Å². The van der Waals surface area contributed by atoms with Gasteiger partial charge in [0.25, 0.3) is 0 Å². The molecule has 2 aromatic carbocycles. The molecule has 2 unspecified atom stereocenters. The van der Waals surface area contributed by atoms with Crippen LogP contribution in [-0.4, -0.2) is 24.3 Å². The largest absolute Gasteiger partial charge is 0.490 e. The third-order valence-electron chi connectivity index (χ3n) is 5.42. The molecule has 0 aliphatic heterocycles. The van der Waals surface area contributed by atoms with Gasteiger partial charge in [-0.05, 0) is 81.3 Å². The van der Waals surface area contributed by atoms with Crippen molar-refractivity contribution >= 4 is 5.91 Å². The first kappa shape index (κ1) is 22.1. The van der Waals surface area contributed by atoms with E-state index in [4.69, 9.17) is 9.47 Å². The fourth-order valence-corrected chi connectivity index (χ4v) is 3.86. The molecule has 1 N–H and O–H groups in total. The Morgan fingerprint density at radius 2 is 1.73 bits per heavy atom. The van der Waals surface area contributed by atoms with Crippen molar-refractivity contribution in [2.45, 2.75) is 70.7 Å². The average Bonchev–Trinajstić information content (AvgIpc) is 3.15. The third-order valence-corrected chi connectivity index (χ3v) is 5.42. The number of hydrogen-bond donors (Lipinski definition) is 1. The lowest BCUT2D eigenvalue weighted by Gasteiger charge is -2.17. The first-order chi connectivity index (χ1) is 14.2. The van der Waals surface area contributed by atoms with Gasteiger partial charge in [-0.25, -0.2) is 4.39 Å². The Morgan fingerprint density at radius 3 is 2.33 bits per heavy atom. The number of halogens is 1. The van der Waals surface area contributed by atoms with Gasteiger partial charge in [-0.3, -0.25) is 4.79 Å². The second kappa shape index (κ2) is 9.50. The lowest BCUT2D eigenvalue weighted by molar-refractivity contribution is -0.119. The molecule has 0 aromatic heterocycles. The number of alkyl halides is 1. The van der Waals surface area contributed by atoms with Crippen LogP contribution in [0.25, 0.3) is 0 Å². The van der Waals surface area contributed by atoms with E-state index in [1.807, 2.05) is 43.3 Å². The van der Waals surface area contributed by atoms with Crippen LogP contribution in [0.3, 0.4) is 0 Å². The molecule has 3 rings (SSSR count). The number of amides is 1. The van der Waals surface area contributed by atoms with Gasteiger partial charge in [0.1, 0.15) is 23.8 Å². The summed E-state index contributed by atoms with van der Waals surface area (Å²) < 4.78 is 25.3. The Balaban J connectivity index is 1.51. The maximum Gasteiger partial charge on any atom is 0.217 e. The minimum Gasteiger partial charge on any atom is -0.490 e. The standard InChI is InChI=1S/C25H32FNO3/c1-17(27-18(2)28)19-5-12-23(13-6-19)30-24-14-9-21(15-24)20-7-10-22(11-8-20)29-16-25(3,4)26/h5-8,10-13,17,21,24H,9,14-16H2,1-4H3,(H,27,28)/t17-,21?,24?/m0/s1. The molecule has 1 saturated carbocycles. The minimum atomic E-state index is -1.34. The minimum absolute atomic E-state index is 0.0182. The molecule has 5 heteroatoms. The van der Waals surface area contributed by atoms with Crippen LogP contribution < -0.4 is 14.8 Å². The fraction of sp³-hybridized carbons (Fsp3) is 0.480. The van der Waals surface area contributed by atoms with Crippen molar-refractivity contribution in [3.8, 4) is 11.5 Å². The summed E-state index contributed by atoms with van der Waals surface area (Å²) in [6, 6.07) is 15.9. The highest BCUT2D eigenvalue weighted by Gasteiger charge is 2.27. The molecule has 0 radical (unpaired) electrons. The first-order valence-electron chi connectivity index (χ1n) is 10.6. The zero-order valence-electron chi connectivity index (χ0n) is 18.3. The number of nitrogens with one attached hydrogen (secondary N) is 1. The summed E-state index contributed by atoms with van der Waals surface area (Å²) in [4.78, 5) is 11.2. The molecule has 0 heterocycles. The molecule has 2 aromatic rings. The molecule has 1 amide bonds. The van der Waals surface area contributed by atoms with Gasteiger partial charge in [-0.2, -0.15) is 0 Å². The van der Waals surface area contributed by atoms with Crippen LogP contribution in [0.15, 0.2) is 48.5 Å². The molecule has 1 aliphatic rings. The highest BCUT2D eigenvalue weighted by Crippen LogP contribution is 2.37. The molecule has 1 fully saturated rings. The van der Waals surface area contributed by atoms with Crippen LogP contribution in [0.2, 0.25) is 0 Å². The van der Waals surface area contributed by atoms with E-state index in [9.17, 15) is 9.18 Å². The molecule has 4 nitrogen and oxygen atoms in total. The van der Waals surface area contributed by atoms with E-state index in [2.05, 4.69) is 17.4 Å². The summed E-state index contributed by atoms with van der Waals surface area (Å²) in [5, 5.41) is 2.89. The van der Waals surface area contributed by atoms with E-state index < -0.39 is 5.67 Å². The van der Waals surface area contributed by atoms with Crippen molar-refractivity contribution in [2.24, 2.45) is 0 Å². The number of benzene rings is 2. The topological polar surface area (TPSA) is 47.6 Å². The summed E-state index contributed by atoms with van der Waals surface area (Å²) in [7, 11) is 0. The Kier molecular flexibility index (Phi) is 7.01. The Labute approximate surface area is 178 Å². The van der Waals surface area contributed by atoms with Crippen molar-refractivity contribution < 1.29 is 18.7 Å². The number of carbonyl (C=O) groups is 1. The molecule has 30 heavy (non-hydrogen) atoms. The second-order valence-corrected chi connectivity index (χ2v) is 8.82. The number of ether oxygens (including phenoxy) is 2. The van der Waals surface area contributed by atoms with Crippen LogP contribution >= 0.6 is 0 Å². The van der Waals surface area contributed by atoms with Crippen LogP contribution in [0.5, 0.6) is 11.5 Å². The van der Waals surface area contributed by atoms with Crippen molar-refractivity contribution in [2.75, 3.05) is 6.61 Å². The number of rotatable bonds is 8. The Bertz CT molecular complexity index is 827. The lowest BCUT2D eigenvalue weighted by atomic mass is 9.97. The van der Waals surface area contributed by atoms with Crippen LogP contribution in [0.1, 0.15) is 70.0 Å². The highest BCUT2D eigenvalue weighted by atomic mass is 19.1. The van der Waals surface area contributed by atoms with E-state index in [0.717, 1.165) is 30.6 Å². The van der Waals surface area contributed by atoms with Gasteiger partial charge in [0.05, 0.1) is 12.1 Å². The quantitative estimate of drug-likeness (QED) is 0.602. The smallest absolute Gasteiger partial charge is 0.217 e. The van der Waals surface area contributed by atoms with Crippen molar-refractivity contribution in [3.63, 3.8) is 0 Å². The zero-order chi connectivity index (χ0) is 21.7. The SMILES string of the molecule is CC(=O)N[C@@H](C)c1ccc(OC2CCC(c3ccc(OCC(C)(C)F)cc3)C2)cc1. The normalized spacial score (nSPS) is 19.9. The molecule has 0 bridgehead atoms. The van der Waals surface area contributed by atoms with E-state index in [-0.39, 0.29) is 24.7 Å². The number of hydrogen-bond acceptors (Lipinski definition) is 3. The summed E-state index contributed by atoms with van der Waals surface area (Å²) in [5.74, 6) is 1.98. The Morgan fingerprint density at radius 1 is 1.10 bits per heavy atom.